The molecule has 8 heavy (non-hydrogen) atoms. The maximum atomic E-state index is 3.53. The summed E-state index contributed by atoms with van der Waals surface area (Å²) in [6, 6.07) is 1.60. The van der Waals surface area contributed by atoms with Gasteiger partial charge in [0.05, 0.1) is 0 Å². The molecule has 2 saturated heterocycles. The highest BCUT2D eigenvalue weighted by Crippen LogP contribution is 2.13. The molecule has 2 bridgehead atoms. The smallest absolute Gasteiger partial charge is 0.0196 e. The molecular weight excluding hydrogens is 100 g/mol. The highest BCUT2D eigenvalue weighted by Gasteiger charge is 2.26. The van der Waals surface area contributed by atoms with Crippen LogP contribution in [0, 0.1) is 0 Å². The Morgan fingerprint density at radius 3 is 2.25 bits per heavy atom. The van der Waals surface area contributed by atoms with Gasteiger partial charge in [0.2, 0.25) is 0 Å². The zero-order valence-electron chi connectivity index (χ0n) is 4.98. The summed E-state index contributed by atoms with van der Waals surface area (Å²) in [5.41, 5.74) is 0. The lowest BCUT2D eigenvalue weighted by atomic mass is 10.2. The molecule has 0 spiro atoms. The third kappa shape index (κ3) is 0.644. The second-order valence-corrected chi connectivity index (χ2v) is 2.80. The normalized spacial score (nSPS) is 45.0. The molecule has 0 aliphatic carbocycles. The molecule has 2 nitrogen and oxygen atoms in total. The van der Waals surface area contributed by atoms with E-state index in [1.165, 1.54) is 25.9 Å². The van der Waals surface area contributed by atoms with Crippen molar-refractivity contribution in [1.29, 1.82) is 0 Å². The van der Waals surface area contributed by atoms with E-state index in [0.717, 1.165) is 12.1 Å². The highest BCUT2D eigenvalue weighted by atomic mass is 15.1. The van der Waals surface area contributed by atoms with Gasteiger partial charge in [-0.15, -0.1) is 0 Å². The Hall–Kier alpha value is -0.0800. The SMILES string of the molecule is C1C[C@H]2CNCC1N2.[HH]. The second-order valence-electron chi connectivity index (χ2n) is 2.80. The molecule has 0 aromatic carbocycles. The summed E-state index contributed by atoms with van der Waals surface area (Å²) in [5.74, 6) is 0. The van der Waals surface area contributed by atoms with E-state index >= 15 is 0 Å². The number of piperazine rings is 1. The quantitative estimate of drug-likeness (QED) is 0.461. The third-order valence-corrected chi connectivity index (χ3v) is 2.12. The summed E-state index contributed by atoms with van der Waals surface area (Å²) in [6.45, 7) is 2.38. The number of hydrogen-bond acceptors (Lipinski definition) is 2. The van der Waals surface area contributed by atoms with Crippen molar-refractivity contribution in [1.82, 2.24) is 10.6 Å². The van der Waals surface area contributed by atoms with E-state index < -0.39 is 0 Å². The standard InChI is InChI=1S/C6H12N2.H2/c1-2-6-4-7-3-5(1)8-6;/h5-8H,1-4H2;1H/t5-,6?;/m0./s1. The van der Waals surface area contributed by atoms with Crippen LogP contribution in [0.3, 0.4) is 0 Å². The van der Waals surface area contributed by atoms with Crippen molar-refractivity contribution >= 4 is 0 Å². The molecule has 2 rings (SSSR count). The van der Waals surface area contributed by atoms with Crippen molar-refractivity contribution in [3.8, 4) is 0 Å². The van der Waals surface area contributed by atoms with E-state index in [4.69, 9.17) is 0 Å². The first-order valence-corrected chi connectivity index (χ1v) is 3.42. The summed E-state index contributed by atoms with van der Waals surface area (Å²) in [5, 5.41) is 6.91. The first-order chi connectivity index (χ1) is 3.95. The van der Waals surface area contributed by atoms with Gasteiger partial charge in [0.25, 0.3) is 0 Å². The largest absolute Gasteiger partial charge is 0.314 e. The summed E-state index contributed by atoms with van der Waals surface area (Å²) in [4.78, 5) is 0. The molecule has 0 saturated carbocycles. The maximum Gasteiger partial charge on any atom is 0.0196 e. The third-order valence-electron chi connectivity index (χ3n) is 2.12. The molecule has 2 heterocycles. The van der Waals surface area contributed by atoms with Crippen LogP contribution in [0.4, 0.5) is 0 Å². The Balaban J connectivity index is 0.000000405. The average molecular weight is 114 g/mol. The molecule has 2 atom stereocenters. The predicted octanol–water partition coefficient (Wildman–Crippen LogP) is -0.0438. The van der Waals surface area contributed by atoms with E-state index in [1.54, 1.807) is 0 Å². The van der Waals surface area contributed by atoms with E-state index in [-0.39, 0.29) is 1.43 Å². The molecule has 2 aliphatic heterocycles. The Bertz CT molecular complexity index is 83.1. The van der Waals surface area contributed by atoms with E-state index in [9.17, 15) is 0 Å². The Morgan fingerprint density at radius 2 is 1.75 bits per heavy atom. The van der Waals surface area contributed by atoms with Crippen molar-refractivity contribution < 1.29 is 1.43 Å². The maximum absolute atomic E-state index is 3.53. The number of fused-ring (bicyclic) bond motifs is 2. The lowest BCUT2D eigenvalue weighted by Gasteiger charge is -2.21. The predicted molar refractivity (Wildman–Crippen MR) is 34.9 cm³/mol. The minimum atomic E-state index is 0. The van der Waals surface area contributed by atoms with Gasteiger partial charge < -0.3 is 10.6 Å². The van der Waals surface area contributed by atoms with Crippen molar-refractivity contribution in [3.63, 3.8) is 0 Å². The molecule has 2 fully saturated rings. The fraction of sp³-hybridized carbons (Fsp3) is 1.00. The fourth-order valence-corrected chi connectivity index (χ4v) is 1.66. The zero-order chi connectivity index (χ0) is 5.40. The lowest BCUT2D eigenvalue weighted by Crippen LogP contribution is -2.48. The van der Waals surface area contributed by atoms with Gasteiger partial charge in [-0.2, -0.15) is 0 Å². The van der Waals surface area contributed by atoms with Crippen molar-refractivity contribution in [3.05, 3.63) is 0 Å². The van der Waals surface area contributed by atoms with Gasteiger partial charge in [0, 0.05) is 26.6 Å². The van der Waals surface area contributed by atoms with Gasteiger partial charge in [0.1, 0.15) is 0 Å². The van der Waals surface area contributed by atoms with Crippen LogP contribution in [-0.2, 0) is 0 Å². The first kappa shape index (κ1) is 4.77. The minimum absolute atomic E-state index is 0. The van der Waals surface area contributed by atoms with Crippen LogP contribution in [0.1, 0.15) is 14.3 Å². The van der Waals surface area contributed by atoms with Crippen LogP contribution in [0.2, 0.25) is 0 Å². The summed E-state index contributed by atoms with van der Waals surface area (Å²) < 4.78 is 0. The average Bonchev–Trinajstić information content (AvgIpc) is 2.12. The number of nitrogens with one attached hydrogen (secondary N) is 2. The van der Waals surface area contributed by atoms with Crippen LogP contribution in [-0.4, -0.2) is 25.2 Å². The van der Waals surface area contributed by atoms with E-state index in [2.05, 4.69) is 10.6 Å². The van der Waals surface area contributed by atoms with Gasteiger partial charge in [0.15, 0.2) is 0 Å². The second kappa shape index (κ2) is 1.71. The first-order valence-electron chi connectivity index (χ1n) is 3.42. The van der Waals surface area contributed by atoms with Crippen LogP contribution in [0.15, 0.2) is 0 Å². The topological polar surface area (TPSA) is 24.1 Å². The molecule has 0 aromatic heterocycles. The highest BCUT2D eigenvalue weighted by molar-refractivity contribution is 4.90. The Kier molecular flexibility index (Phi) is 1.02. The van der Waals surface area contributed by atoms with Gasteiger partial charge in [-0.1, -0.05) is 0 Å². The van der Waals surface area contributed by atoms with Crippen LogP contribution < -0.4 is 10.6 Å². The van der Waals surface area contributed by atoms with Crippen molar-refractivity contribution in [2.45, 2.75) is 24.9 Å². The molecule has 0 amide bonds. The van der Waals surface area contributed by atoms with E-state index in [0.29, 0.717) is 0 Å². The monoisotopic (exact) mass is 114 g/mol. The van der Waals surface area contributed by atoms with Gasteiger partial charge in [-0.3, -0.25) is 0 Å². The van der Waals surface area contributed by atoms with Crippen LogP contribution in [0.25, 0.3) is 0 Å². The summed E-state index contributed by atoms with van der Waals surface area (Å²) >= 11 is 0. The molecule has 2 N–H and O–H groups in total. The number of rotatable bonds is 0. The van der Waals surface area contributed by atoms with Crippen LogP contribution >= 0.6 is 0 Å². The van der Waals surface area contributed by atoms with Crippen molar-refractivity contribution in [2.24, 2.45) is 0 Å². The lowest BCUT2D eigenvalue weighted by molar-refractivity contribution is 0.423. The Labute approximate surface area is 51.1 Å². The van der Waals surface area contributed by atoms with Gasteiger partial charge in [-0.25, -0.2) is 0 Å². The molecule has 1 unspecified atom stereocenters. The van der Waals surface area contributed by atoms with E-state index in [1.807, 2.05) is 0 Å². The van der Waals surface area contributed by atoms with Gasteiger partial charge in [-0.05, 0) is 12.8 Å². The summed E-state index contributed by atoms with van der Waals surface area (Å²) in [6.07, 6.45) is 2.77. The number of hydrogen-bond donors (Lipinski definition) is 2. The summed E-state index contributed by atoms with van der Waals surface area (Å²) in [7, 11) is 0. The Morgan fingerprint density at radius 1 is 1.12 bits per heavy atom. The van der Waals surface area contributed by atoms with Crippen molar-refractivity contribution in [2.75, 3.05) is 13.1 Å². The molecule has 0 aromatic rings. The fourth-order valence-electron chi connectivity index (χ4n) is 1.66. The molecule has 0 radical (unpaired) electrons. The minimum Gasteiger partial charge on any atom is -0.314 e. The molecular formula is C6H14N2. The van der Waals surface area contributed by atoms with Gasteiger partial charge >= 0.3 is 0 Å². The zero-order valence-corrected chi connectivity index (χ0v) is 4.98. The molecule has 48 valence electrons. The van der Waals surface area contributed by atoms with Crippen LogP contribution in [0.5, 0.6) is 0 Å². The molecule has 2 heteroatoms. The molecule has 2 aliphatic rings.